The molecule has 25 heavy (non-hydrogen) atoms. The van der Waals surface area contributed by atoms with Gasteiger partial charge >= 0.3 is 6.18 Å². The van der Waals surface area contributed by atoms with Crippen molar-refractivity contribution in [3.63, 3.8) is 0 Å². The Morgan fingerprint density at radius 3 is 2.48 bits per heavy atom. The molecule has 1 atom stereocenters. The van der Waals surface area contributed by atoms with Crippen LogP contribution in [0.3, 0.4) is 0 Å². The van der Waals surface area contributed by atoms with Crippen molar-refractivity contribution in [1.82, 2.24) is 9.97 Å². The van der Waals surface area contributed by atoms with Gasteiger partial charge < -0.3 is 0 Å². The van der Waals surface area contributed by atoms with Gasteiger partial charge in [0.1, 0.15) is 11.1 Å². The second-order valence-corrected chi connectivity index (χ2v) is 8.03. The lowest BCUT2D eigenvalue weighted by molar-refractivity contribution is -0.141. The summed E-state index contributed by atoms with van der Waals surface area (Å²) in [5, 5.41) is -0.527. The summed E-state index contributed by atoms with van der Waals surface area (Å²) in [4.78, 5) is 21.2. The summed E-state index contributed by atoms with van der Waals surface area (Å²) < 4.78 is 40.7. The average molecular weight is 497 g/mol. The molecule has 132 valence electrons. The number of rotatable bonds is 2. The summed E-state index contributed by atoms with van der Waals surface area (Å²) in [5.41, 5.74) is -0.173. The Morgan fingerprint density at radius 1 is 1.24 bits per heavy atom. The van der Waals surface area contributed by atoms with Crippen LogP contribution in [0.4, 0.5) is 19.1 Å². The number of alkyl halides is 3. The van der Waals surface area contributed by atoms with E-state index >= 15 is 0 Å². The number of aromatic nitrogens is 2. The highest BCUT2D eigenvalue weighted by Crippen LogP contribution is 2.46. The number of carbonyl (C=O) groups is 1. The molecule has 0 unspecified atom stereocenters. The summed E-state index contributed by atoms with van der Waals surface area (Å²) in [6.45, 7) is 1.44. The molecular formula is C15H10Br2F3N3OS. The maximum Gasteiger partial charge on any atom is 0.433 e. The largest absolute Gasteiger partial charge is 0.433 e. The molecule has 2 heterocycles. The summed E-state index contributed by atoms with van der Waals surface area (Å²) >= 11 is 8.18. The maximum absolute atomic E-state index is 13.1. The van der Waals surface area contributed by atoms with E-state index in [0.717, 1.165) is 20.6 Å². The van der Waals surface area contributed by atoms with Gasteiger partial charge in [-0.1, -0.05) is 37.9 Å². The van der Waals surface area contributed by atoms with E-state index in [-0.39, 0.29) is 23.3 Å². The Hall–Kier alpha value is -1.13. The number of nitrogens with zero attached hydrogens (tertiary/aromatic N) is 3. The Balaban J connectivity index is 2.11. The minimum atomic E-state index is -4.61. The zero-order valence-corrected chi connectivity index (χ0v) is 16.6. The lowest BCUT2D eigenvalue weighted by atomic mass is 10.2. The van der Waals surface area contributed by atoms with Gasteiger partial charge in [-0.3, -0.25) is 9.69 Å². The molecule has 1 aromatic heterocycles. The highest BCUT2D eigenvalue weighted by molar-refractivity contribution is 9.11. The number of anilines is 1. The molecule has 0 radical (unpaired) electrons. The van der Waals surface area contributed by atoms with E-state index in [1.807, 2.05) is 6.07 Å². The molecule has 2 aromatic rings. The van der Waals surface area contributed by atoms with Crippen molar-refractivity contribution in [3.05, 3.63) is 50.2 Å². The van der Waals surface area contributed by atoms with Gasteiger partial charge in [0.2, 0.25) is 11.9 Å². The molecule has 1 saturated heterocycles. The minimum Gasteiger partial charge on any atom is -0.273 e. The topological polar surface area (TPSA) is 46.1 Å². The fourth-order valence-corrected chi connectivity index (χ4v) is 5.36. The lowest BCUT2D eigenvalue weighted by Crippen LogP contribution is -2.31. The van der Waals surface area contributed by atoms with E-state index in [0.29, 0.717) is 0 Å². The van der Waals surface area contributed by atoms with Gasteiger partial charge in [0.25, 0.3) is 0 Å². The number of benzene rings is 1. The second-order valence-electron chi connectivity index (χ2n) is 5.25. The van der Waals surface area contributed by atoms with Gasteiger partial charge in [0.15, 0.2) is 0 Å². The number of hydrogen-bond acceptors (Lipinski definition) is 4. The van der Waals surface area contributed by atoms with Crippen molar-refractivity contribution in [2.45, 2.75) is 18.5 Å². The first-order valence-electron chi connectivity index (χ1n) is 6.99. The van der Waals surface area contributed by atoms with Gasteiger partial charge in [0, 0.05) is 20.2 Å². The Bertz CT molecular complexity index is 827. The number of thioether (sulfide) groups is 1. The van der Waals surface area contributed by atoms with Crippen LogP contribution in [0, 0.1) is 6.92 Å². The standard InChI is InChI=1S/C15H10Br2F3N3OS/c1-7-5-10(15(18,19)20)22-14(21-7)23-11(24)6-25-13(23)12-8(16)3-2-4-9(12)17/h2-5,13H,6H2,1H3/t13-/m0/s1. The van der Waals surface area contributed by atoms with Gasteiger partial charge in [-0.15, -0.1) is 11.8 Å². The SMILES string of the molecule is Cc1cc(C(F)(F)F)nc(N2C(=O)CS[C@H]2c2c(Br)cccc2Br)n1. The fraction of sp³-hybridized carbons (Fsp3) is 0.267. The first-order chi connectivity index (χ1) is 11.7. The van der Waals surface area contributed by atoms with Gasteiger partial charge in [-0.05, 0) is 25.1 Å². The predicted octanol–water partition coefficient (Wildman–Crippen LogP) is 5.11. The van der Waals surface area contributed by atoms with Crippen LogP contribution in [0.5, 0.6) is 0 Å². The third-order valence-electron chi connectivity index (χ3n) is 3.46. The van der Waals surface area contributed by atoms with E-state index in [2.05, 4.69) is 41.8 Å². The molecular weight excluding hydrogens is 487 g/mol. The van der Waals surface area contributed by atoms with Gasteiger partial charge in [0.05, 0.1) is 5.75 Å². The van der Waals surface area contributed by atoms with E-state index in [1.165, 1.54) is 23.6 Å². The lowest BCUT2D eigenvalue weighted by Gasteiger charge is -2.25. The Kier molecular flexibility index (Phi) is 5.13. The normalized spacial score (nSPS) is 18.1. The average Bonchev–Trinajstić information content (AvgIpc) is 2.87. The number of aryl methyl sites for hydroxylation is 1. The van der Waals surface area contributed by atoms with E-state index < -0.39 is 17.2 Å². The summed E-state index contributed by atoms with van der Waals surface area (Å²) in [5.74, 6) is -0.441. The van der Waals surface area contributed by atoms with Crippen LogP contribution in [0.2, 0.25) is 0 Å². The Labute approximate surface area is 162 Å². The van der Waals surface area contributed by atoms with Crippen molar-refractivity contribution < 1.29 is 18.0 Å². The summed E-state index contributed by atoms with van der Waals surface area (Å²) in [6.07, 6.45) is -4.61. The van der Waals surface area contributed by atoms with Crippen LogP contribution in [-0.4, -0.2) is 21.6 Å². The third kappa shape index (κ3) is 3.70. The molecule has 4 nitrogen and oxygen atoms in total. The molecule has 1 aliphatic rings. The Morgan fingerprint density at radius 2 is 1.88 bits per heavy atom. The van der Waals surface area contributed by atoms with Crippen molar-refractivity contribution >= 4 is 55.5 Å². The van der Waals surface area contributed by atoms with Crippen LogP contribution in [-0.2, 0) is 11.0 Å². The quantitative estimate of drug-likeness (QED) is 0.579. The molecule has 0 saturated carbocycles. The molecule has 1 amide bonds. The van der Waals surface area contributed by atoms with Crippen molar-refractivity contribution in [3.8, 4) is 0 Å². The monoisotopic (exact) mass is 495 g/mol. The van der Waals surface area contributed by atoms with Crippen LogP contribution < -0.4 is 4.90 Å². The summed E-state index contributed by atoms with van der Waals surface area (Å²) in [7, 11) is 0. The molecule has 1 aromatic carbocycles. The predicted molar refractivity (Wildman–Crippen MR) is 96.3 cm³/mol. The molecule has 1 aliphatic heterocycles. The van der Waals surface area contributed by atoms with Crippen LogP contribution in [0.15, 0.2) is 33.2 Å². The number of amides is 1. The number of carbonyl (C=O) groups excluding carboxylic acids is 1. The van der Waals surface area contributed by atoms with Crippen LogP contribution >= 0.6 is 43.6 Å². The zero-order valence-electron chi connectivity index (χ0n) is 12.6. The molecule has 10 heteroatoms. The van der Waals surface area contributed by atoms with Crippen molar-refractivity contribution in [2.24, 2.45) is 0 Å². The first kappa shape index (κ1) is 18.7. The molecule has 0 spiro atoms. The summed E-state index contributed by atoms with van der Waals surface area (Å²) in [6, 6.07) is 6.29. The smallest absolute Gasteiger partial charge is 0.273 e. The highest BCUT2D eigenvalue weighted by atomic mass is 79.9. The molecule has 0 N–H and O–H groups in total. The molecule has 0 bridgehead atoms. The zero-order chi connectivity index (χ0) is 18.4. The van der Waals surface area contributed by atoms with E-state index in [1.54, 1.807) is 12.1 Å². The maximum atomic E-state index is 13.1. The van der Waals surface area contributed by atoms with E-state index in [4.69, 9.17) is 0 Å². The van der Waals surface area contributed by atoms with Crippen LogP contribution in [0.25, 0.3) is 0 Å². The third-order valence-corrected chi connectivity index (χ3v) is 6.02. The highest BCUT2D eigenvalue weighted by Gasteiger charge is 2.40. The minimum absolute atomic E-state index is 0.136. The van der Waals surface area contributed by atoms with Crippen LogP contribution in [0.1, 0.15) is 22.3 Å². The fourth-order valence-electron chi connectivity index (χ4n) is 2.41. The first-order valence-corrected chi connectivity index (χ1v) is 9.62. The van der Waals surface area contributed by atoms with Crippen molar-refractivity contribution in [2.75, 3.05) is 10.7 Å². The van der Waals surface area contributed by atoms with E-state index in [9.17, 15) is 18.0 Å². The molecule has 1 fully saturated rings. The van der Waals surface area contributed by atoms with Gasteiger partial charge in [-0.25, -0.2) is 9.97 Å². The molecule has 0 aliphatic carbocycles. The number of halogens is 5. The van der Waals surface area contributed by atoms with Gasteiger partial charge in [-0.2, -0.15) is 13.2 Å². The molecule has 3 rings (SSSR count). The number of hydrogen-bond donors (Lipinski definition) is 0. The van der Waals surface area contributed by atoms with Crippen molar-refractivity contribution in [1.29, 1.82) is 0 Å². The second kappa shape index (κ2) is 6.88.